The summed E-state index contributed by atoms with van der Waals surface area (Å²) < 4.78 is 12.4. The zero-order chi connectivity index (χ0) is 14.2. The van der Waals surface area contributed by atoms with Crippen molar-refractivity contribution in [2.45, 2.75) is 51.7 Å². The first-order chi connectivity index (χ1) is 9.37. The molecule has 1 aliphatic heterocycles. The van der Waals surface area contributed by atoms with E-state index < -0.39 is 5.79 Å². The lowest BCUT2D eigenvalue weighted by Gasteiger charge is -2.43. The van der Waals surface area contributed by atoms with Crippen molar-refractivity contribution in [2.24, 2.45) is 22.7 Å². The lowest BCUT2D eigenvalue weighted by molar-refractivity contribution is -0.298. The van der Waals surface area contributed by atoms with Gasteiger partial charge in [-0.15, -0.1) is 0 Å². The number of Topliss-reactive ketones (excluding diaryl/α,β-unsaturated/α-hetero) is 1. The summed E-state index contributed by atoms with van der Waals surface area (Å²) in [7, 11) is 0. The fourth-order valence-electron chi connectivity index (χ4n) is 5.14. The predicted molar refractivity (Wildman–Crippen MR) is 75.1 cm³/mol. The Bertz CT molecular complexity index is 482. The Balaban J connectivity index is 1.65. The summed E-state index contributed by atoms with van der Waals surface area (Å²) in [5, 5.41) is 0. The van der Waals surface area contributed by atoms with Gasteiger partial charge < -0.3 is 9.47 Å². The van der Waals surface area contributed by atoms with Crippen LogP contribution < -0.4 is 0 Å². The number of rotatable bonds is 0. The van der Waals surface area contributed by atoms with E-state index in [1.54, 1.807) is 0 Å². The Kier molecular flexibility index (Phi) is 2.44. The number of hydrogen-bond donors (Lipinski definition) is 0. The molecule has 1 saturated heterocycles. The van der Waals surface area contributed by atoms with Crippen molar-refractivity contribution in [1.29, 1.82) is 0 Å². The molecule has 1 heterocycles. The molecule has 110 valence electrons. The number of ether oxygens (including phenoxy) is 2. The SMILES string of the molecule is C=C1CC[C@@H]2C(=O)C[C@H]3CC4(C[C@]132)OCC(C)(C)CO4. The summed E-state index contributed by atoms with van der Waals surface area (Å²) in [6.45, 7) is 10.2. The Morgan fingerprint density at radius 1 is 1.25 bits per heavy atom. The Morgan fingerprint density at radius 3 is 2.65 bits per heavy atom. The normalized spacial score (nSPS) is 44.9. The van der Waals surface area contributed by atoms with E-state index in [-0.39, 0.29) is 16.7 Å². The van der Waals surface area contributed by atoms with Gasteiger partial charge in [-0.1, -0.05) is 26.0 Å². The molecule has 4 aliphatic rings. The third-order valence-corrected chi connectivity index (χ3v) is 6.15. The molecule has 4 rings (SSSR count). The third kappa shape index (κ3) is 1.51. The third-order valence-electron chi connectivity index (χ3n) is 6.15. The minimum Gasteiger partial charge on any atom is -0.349 e. The molecule has 3 atom stereocenters. The molecule has 0 radical (unpaired) electrons. The molecule has 2 spiro atoms. The molecule has 0 aromatic rings. The van der Waals surface area contributed by atoms with Gasteiger partial charge in [0.15, 0.2) is 5.79 Å². The fourth-order valence-corrected chi connectivity index (χ4v) is 5.14. The van der Waals surface area contributed by atoms with Gasteiger partial charge in [0, 0.05) is 36.0 Å². The smallest absolute Gasteiger partial charge is 0.169 e. The van der Waals surface area contributed by atoms with Crippen LogP contribution >= 0.6 is 0 Å². The number of ketones is 1. The molecule has 0 N–H and O–H groups in total. The monoisotopic (exact) mass is 276 g/mol. The Morgan fingerprint density at radius 2 is 1.95 bits per heavy atom. The van der Waals surface area contributed by atoms with Crippen LogP contribution in [0.1, 0.15) is 46.0 Å². The quantitative estimate of drug-likeness (QED) is 0.638. The minimum absolute atomic E-state index is 0.00142. The van der Waals surface area contributed by atoms with E-state index in [1.807, 2.05) is 0 Å². The standard InChI is InChI=1S/C17H24O3/c1-11-4-5-13-14(18)6-12-7-16(8-17(11,12)13)19-9-15(2,3)10-20-16/h12-13H,1,4-10H2,2-3H3/t12-,13+,17-/m0/s1. The van der Waals surface area contributed by atoms with Crippen LogP contribution in [-0.4, -0.2) is 24.8 Å². The lowest BCUT2D eigenvalue weighted by Crippen LogP contribution is -2.47. The molecule has 3 heteroatoms. The molecule has 0 bridgehead atoms. The highest BCUT2D eigenvalue weighted by Gasteiger charge is 2.68. The largest absolute Gasteiger partial charge is 0.349 e. The van der Waals surface area contributed by atoms with Crippen LogP contribution in [-0.2, 0) is 14.3 Å². The average Bonchev–Trinajstić information content (AvgIpc) is 2.94. The van der Waals surface area contributed by atoms with Gasteiger partial charge in [0.05, 0.1) is 13.2 Å². The van der Waals surface area contributed by atoms with Gasteiger partial charge in [-0.25, -0.2) is 0 Å². The van der Waals surface area contributed by atoms with Gasteiger partial charge in [-0.3, -0.25) is 4.79 Å². The summed E-state index contributed by atoms with van der Waals surface area (Å²) in [6, 6.07) is 0. The maximum absolute atomic E-state index is 12.3. The van der Waals surface area contributed by atoms with Crippen molar-refractivity contribution in [1.82, 2.24) is 0 Å². The summed E-state index contributed by atoms with van der Waals surface area (Å²) in [5.41, 5.74) is 1.38. The van der Waals surface area contributed by atoms with Gasteiger partial charge in [0.1, 0.15) is 5.78 Å². The van der Waals surface area contributed by atoms with E-state index in [2.05, 4.69) is 20.4 Å². The van der Waals surface area contributed by atoms with E-state index in [1.165, 1.54) is 5.57 Å². The van der Waals surface area contributed by atoms with Crippen LogP contribution in [0, 0.1) is 22.7 Å². The van der Waals surface area contributed by atoms with Gasteiger partial charge in [0.25, 0.3) is 0 Å². The van der Waals surface area contributed by atoms with Gasteiger partial charge in [-0.2, -0.15) is 0 Å². The first-order valence-corrected chi connectivity index (χ1v) is 7.86. The van der Waals surface area contributed by atoms with Crippen molar-refractivity contribution in [2.75, 3.05) is 13.2 Å². The van der Waals surface area contributed by atoms with Crippen LogP contribution in [0.3, 0.4) is 0 Å². The Labute approximate surface area is 120 Å². The maximum Gasteiger partial charge on any atom is 0.169 e. The van der Waals surface area contributed by atoms with Crippen molar-refractivity contribution in [3.63, 3.8) is 0 Å². The highest BCUT2D eigenvalue weighted by molar-refractivity contribution is 5.86. The van der Waals surface area contributed by atoms with Crippen molar-refractivity contribution < 1.29 is 14.3 Å². The fraction of sp³-hybridized carbons (Fsp3) is 0.824. The van der Waals surface area contributed by atoms with Gasteiger partial charge in [0.2, 0.25) is 0 Å². The second-order valence-electron chi connectivity index (χ2n) is 8.14. The second kappa shape index (κ2) is 3.75. The highest BCUT2D eigenvalue weighted by atomic mass is 16.7. The summed E-state index contributed by atoms with van der Waals surface area (Å²) in [6.07, 6.45) is 4.45. The van der Waals surface area contributed by atoms with E-state index in [4.69, 9.17) is 9.47 Å². The van der Waals surface area contributed by atoms with Crippen molar-refractivity contribution >= 4 is 5.78 Å². The summed E-state index contributed by atoms with van der Waals surface area (Å²) in [4.78, 5) is 12.3. The highest BCUT2D eigenvalue weighted by Crippen LogP contribution is 2.68. The molecular formula is C17H24O3. The van der Waals surface area contributed by atoms with E-state index in [0.29, 0.717) is 18.1 Å². The summed E-state index contributed by atoms with van der Waals surface area (Å²) in [5.74, 6) is 0.615. The first-order valence-electron chi connectivity index (χ1n) is 7.86. The van der Waals surface area contributed by atoms with Crippen LogP contribution in [0.15, 0.2) is 12.2 Å². The first kappa shape index (κ1) is 13.0. The van der Waals surface area contributed by atoms with Crippen LogP contribution in [0.5, 0.6) is 0 Å². The number of carbonyl (C=O) groups excluding carboxylic acids is 1. The van der Waals surface area contributed by atoms with Gasteiger partial charge >= 0.3 is 0 Å². The molecule has 3 saturated carbocycles. The molecule has 0 aromatic heterocycles. The van der Waals surface area contributed by atoms with Crippen LogP contribution in [0.25, 0.3) is 0 Å². The van der Waals surface area contributed by atoms with Crippen molar-refractivity contribution in [3.05, 3.63) is 12.2 Å². The molecule has 4 fully saturated rings. The lowest BCUT2D eigenvalue weighted by atomic mass is 9.73. The zero-order valence-electron chi connectivity index (χ0n) is 12.5. The average molecular weight is 276 g/mol. The molecule has 0 amide bonds. The van der Waals surface area contributed by atoms with E-state index in [9.17, 15) is 4.79 Å². The van der Waals surface area contributed by atoms with E-state index in [0.717, 1.165) is 38.9 Å². The maximum atomic E-state index is 12.3. The zero-order valence-corrected chi connectivity index (χ0v) is 12.5. The predicted octanol–water partition coefficient (Wildman–Crippen LogP) is 3.09. The summed E-state index contributed by atoms with van der Waals surface area (Å²) >= 11 is 0. The molecular weight excluding hydrogens is 252 g/mol. The Hall–Kier alpha value is -0.670. The molecule has 20 heavy (non-hydrogen) atoms. The molecule has 0 unspecified atom stereocenters. The number of hydrogen-bond acceptors (Lipinski definition) is 3. The van der Waals surface area contributed by atoms with Crippen molar-refractivity contribution in [3.8, 4) is 0 Å². The topological polar surface area (TPSA) is 35.5 Å². The van der Waals surface area contributed by atoms with Gasteiger partial charge in [-0.05, 0) is 18.8 Å². The van der Waals surface area contributed by atoms with Crippen LogP contribution in [0.2, 0.25) is 0 Å². The number of carbonyl (C=O) groups is 1. The minimum atomic E-state index is -0.438. The van der Waals surface area contributed by atoms with Crippen LogP contribution in [0.4, 0.5) is 0 Å². The molecule has 3 aliphatic carbocycles. The second-order valence-corrected chi connectivity index (χ2v) is 8.14. The van der Waals surface area contributed by atoms with E-state index >= 15 is 0 Å². The number of allylic oxidation sites excluding steroid dienone is 1. The molecule has 3 nitrogen and oxygen atoms in total. The molecule has 0 aromatic carbocycles.